The van der Waals surface area contributed by atoms with Gasteiger partial charge in [0.1, 0.15) is 17.1 Å². The maximum absolute atomic E-state index is 14.3. The van der Waals surface area contributed by atoms with Crippen LogP contribution in [0.1, 0.15) is 44.9 Å². The Morgan fingerprint density at radius 3 is 2.58 bits per heavy atom. The van der Waals surface area contributed by atoms with Gasteiger partial charge in [0.25, 0.3) is 5.91 Å². The van der Waals surface area contributed by atoms with Gasteiger partial charge in [-0.3, -0.25) is 24.5 Å². The second kappa shape index (κ2) is 10.5. The number of benzene rings is 2. The molecule has 2 fully saturated rings. The molecular weight excluding hydrogens is 483 g/mol. The summed E-state index contributed by atoms with van der Waals surface area (Å²) in [7, 11) is 0. The van der Waals surface area contributed by atoms with Crippen LogP contribution in [0.25, 0.3) is 0 Å². The van der Waals surface area contributed by atoms with E-state index >= 15 is 0 Å². The average molecular weight is 517 g/mol. The van der Waals surface area contributed by atoms with Gasteiger partial charge in [0.2, 0.25) is 0 Å². The summed E-state index contributed by atoms with van der Waals surface area (Å²) in [5.41, 5.74) is 1.06. The molecule has 0 bridgehead atoms. The van der Waals surface area contributed by atoms with E-state index in [4.69, 9.17) is 4.74 Å². The maximum atomic E-state index is 14.3. The molecule has 2 saturated heterocycles. The highest BCUT2D eigenvalue weighted by molar-refractivity contribution is 6.16. The van der Waals surface area contributed by atoms with Crippen LogP contribution in [0.4, 0.5) is 14.9 Å². The summed E-state index contributed by atoms with van der Waals surface area (Å²) in [6, 6.07) is 19.0. The molecule has 8 heteroatoms. The van der Waals surface area contributed by atoms with E-state index in [0.717, 1.165) is 11.3 Å². The van der Waals surface area contributed by atoms with E-state index in [0.29, 0.717) is 37.3 Å². The molecule has 1 unspecified atom stereocenters. The fourth-order valence-electron chi connectivity index (χ4n) is 5.63. The number of hydrogen-bond donors (Lipinski definition) is 0. The summed E-state index contributed by atoms with van der Waals surface area (Å²) in [5.74, 6) is 0.129. The predicted octanol–water partition coefficient (Wildman–Crippen LogP) is 5.40. The zero-order valence-electron chi connectivity index (χ0n) is 22.0. The number of hydrogen-bond acceptors (Lipinski definition) is 5. The van der Waals surface area contributed by atoms with Crippen LogP contribution in [0.3, 0.4) is 0 Å². The molecule has 0 saturated carbocycles. The minimum Gasteiger partial charge on any atom is -0.491 e. The number of carbonyl (C=O) groups excluding carboxylic acids is 2. The first-order chi connectivity index (χ1) is 18.3. The van der Waals surface area contributed by atoms with Crippen molar-refractivity contribution >= 4 is 17.6 Å². The molecule has 2 atom stereocenters. The van der Waals surface area contributed by atoms with E-state index in [9.17, 15) is 14.0 Å². The molecule has 2 aliphatic rings. The second-order valence-corrected chi connectivity index (χ2v) is 10.4. The summed E-state index contributed by atoms with van der Waals surface area (Å²) in [4.78, 5) is 37.2. The zero-order chi connectivity index (χ0) is 26.9. The van der Waals surface area contributed by atoms with E-state index < -0.39 is 17.4 Å². The maximum Gasteiger partial charge on any atom is 0.332 e. The normalized spacial score (nSPS) is 22.1. The third kappa shape index (κ3) is 5.00. The summed E-state index contributed by atoms with van der Waals surface area (Å²) >= 11 is 0. The second-order valence-electron chi connectivity index (χ2n) is 10.4. The Balaban J connectivity index is 1.42. The number of urea groups is 1. The summed E-state index contributed by atoms with van der Waals surface area (Å²) in [6.45, 7) is 7.47. The Kier molecular flexibility index (Phi) is 7.17. The smallest absolute Gasteiger partial charge is 0.332 e. The molecule has 3 amide bonds. The lowest BCUT2D eigenvalue weighted by molar-refractivity contribution is -0.133. The molecule has 38 heavy (non-hydrogen) atoms. The van der Waals surface area contributed by atoms with Crippen molar-refractivity contribution in [1.29, 1.82) is 0 Å². The fraction of sp³-hybridized carbons (Fsp3) is 0.367. The first-order valence-corrected chi connectivity index (χ1v) is 13.1. The summed E-state index contributed by atoms with van der Waals surface area (Å²) in [6.07, 6.45) is 2.61. The molecule has 2 aromatic carbocycles. The van der Waals surface area contributed by atoms with Gasteiger partial charge in [0.05, 0.1) is 18.3 Å². The molecular formula is C30H33FN4O3. The number of nitrogens with zero attached hydrogens (tertiary/aromatic N) is 4. The third-order valence-electron chi connectivity index (χ3n) is 7.33. The standard InChI is InChI=1S/C30H33FN4O3/c1-21(2)38-27-12-6-8-23(16-27)19-33-15-13-30(18-22(33)3)28(36)34(20-25-10-4-5-14-32-25)29(37)35(30)26-11-7-9-24(31)17-26/h4-12,14,16-17,21-22H,13,15,18-20H2,1-3H3/t22-,30?/m0/s1. The number of piperidine rings is 1. The van der Waals surface area contributed by atoms with Crippen molar-refractivity contribution in [3.8, 4) is 5.75 Å². The van der Waals surface area contributed by atoms with Gasteiger partial charge in [-0.25, -0.2) is 9.18 Å². The lowest BCUT2D eigenvalue weighted by Crippen LogP contribution is -2.59. The topological polar surface area (TPSA) is 66.0 Å². The van der Waals surface area contributed by atoms with Crippen molar-refractivity contribution in [3.05, 3.63) is 90.0 Å². The number of aromatic nitrogens is 1. The van der Waals surface area contributed by atoms with Gasteiger partial charge in [-0.1, -0.05) is 24.3 Å². The highest BCUT2D eigenvalue weighted by Crippen LogP contribution is 2.43. The lowest BCUT2D eigenvalue weighted by Gasteiger charge is -2.45. The quantitative estimate of drug-likeness (QED) is 0.394. The summed E-state index contributed by atoms with van der Waals surface area (Å²) in [5, 5.41) is 0. The minimum absolute atomic E-state index is 0.000956. The number of imide groups is 1. The van der Waals surface area contributed by atoms with Crippen LogP contribution in [0.15, 0.2) is 72.9 Å². The molecule has 1 spiro atoms. The van der Waals surface area contributed by atoms with Crippen molar-refractivity contribution in [2.24, 2.45) is 0 Å². The number of amides is 3. The van der Waals surface area contributed by atoms with Crippen LogP contribution in [-0.2, 0) is 17.9 Å². The Labute approximate surface area is 222 Å². The zero-order valence-corrected chi connectivity index (χ0v) is 22.0. The van der Waals surface area contributed by atoms with Gasteiger partial charge >= 0.3 is 6.03 Å². The minimum atomic E-state index is -1.09. The van der Waals surface area contributed by atoms with E-state index in [1.54, 1.807) is 30.5 Å². The van der Waals surface area contributed by atoms with Gasteiger partial charge in [0.15, 0.2) is 0 Å². The summed E-state index contributed by atoms with van der Waals surface area (Å²) < 4.78 is 20.1. The van der Waals surface area contributed by atoms with Gasteiger partial charge in [-0.05, 0) is 81.6 Å². The third-order valence-corrected chi connectivity index (χ3v) is 7.33. The largest absolute Gasteiger partial charge is 0.491 e. The molecule has 3 heterocycles. The number of rotatable bonds is 7. The molecule has 7 nitrogen and oxygen atoms in total. The van der Waals surface area contributed by atoms with Crippen molar-refractivity contribution < 1.29 is 18.7 Å². The molecule has 1 aromatic heterocycles. The Morgan fingerprint density at radius 1 is 1.05 bits per heavy atom. The van der Waals surface area contributed by atoms with Gasteiger partial charge in [0, 0.05) is 31.0 Å². The first kappa shape index (κ1) is 25.9. The van der Waals surface area contributed by atoms with Crippen LogP contribution in [0.2, 0.25) is 0 Å². The van der Waals surface area contributed by atoms with Crippen molar-refractivity contribution in [2.45, 2.75) is 64.4 Å². The van der Waals surface area contributed by atoms with Gasteiger partial charge in [-0.15, -0.1) is 0 Å². The van der Waals surface area contributed by atoms with Gasteiger partial charge in [-0.2, -0.15) is 0 Å². The van der Waals surface area contributed by atoms with E-state index in [1.165, 1.54) is 21.9 Å². The van der Waals surface area contributed by atoms with Crippen LogP contribution in [-0.4, -0.2) is 51.0 Å². The molecule has 2 aliphatic heterocycles. The first-order valence-electron chi connectivity index (χ1n) is 13.1. The van der Waals surface area contributed by atoms with Crippen molar-refractivity contribution in [3.63, 3.8) is 0 Å². The number of halogens is 1. The highest BCUT2D eigenvalue weighted by Gasteiger charge is 2.59. The van der Waals surface area contributed by atoms with Crippen molar-refractivity contribution in [1.82, 2.24) is 14.8 Å². The van der Waals surface area contributed by atoms with Crippen LogP contribution in [0.5, 0.6) is 5.75 Å². The monoisotopic (exact) mass is 516 g/mol. The lowest BCUT2D eigenvalue weighted by atomic mass is 9.81. The van der Waals surface area contributed by atoms with Gasteiger partial charge < -0.3 is 4.74 Å². The average Bonchev–Trinajstić information content (AvgIpc) is 3.07. The van der Waals surface area contributed by atoms with Crippen molar-refractivity contribution in [2.75, 3.05) is 11.4 Å². The van der Waals surface area contributed by atoms with E-state index in [1.807, 2.05) is 32.0 Å². The number of carbonyl (C=O) groups is 2. The van der Waals surface area contributed by atoms with Crippen LogP contribution < -0.4 is 9.64 Å². The molecule has 0 radical (unpaired) electrons. The Hall–Kier alpha value is -3.78. The number of pyridine rings is 1. The molecule has 198 valence electrons. The predicted molar refractivity (Wildman–Crippen MR) is 143 cm³/mol. The number of likely N-dealkylation sites (tertiary alicyclic amines) is 1. The molecule has 0 N–H and O–H groups in total. The fourth-order valence-corrected chi connectivity index (χ4v) is 5.63. The molecule has 5 rings (SSSR count). The highest BCUT2D eigenvalue weighted by atomic mass is 19.1. The van der Waals surface area contributed by atoms with Crippen LogP contribution in [0, 0.1) is 5.82 Å². The molecule has 0 aliphatic carbocycles. The number of anilines is 1. The van der Waals surface area contributed by atoms with E-state index in [-0.39, 0.29) is 24.6 Å². The number of ether oxygens (including phenoxy) is 1. The Morgan fingerprint density at radius 2 is 1.87 bits per heavy atom. The molecule has 3 aromatic rings. The Bertz CT molecular complexity index is 1320. The van der Waals surface area contributed by atoms with Crippen LogP contribution >= 0.6 is 0 Å². The SMILES string of the molecule is CC(C)Oc1cccc(CN2CCC3(C[C@@H]2C)C(=O)N(Cc2ccccn2)C(=O)N3c2cccc(F)c2)c1. The van der Waals surface area contributed by atoms with E-state index in [2.05, 4.69) is 28.9 Å².